The van der Waals surface area contributed by atoms with Crippen LogP contribution < -0.4 is 0 Å². The quantitative estimate of drug-likeness (QED) is 0.444. The predicted molar refractivity (Wildman–Crippen MR) is 48.2 cm³/mol. The van der Waals surface area contributed by atoms with E-state index in [9.17, 15) is 0 Å². The van der Waals surface area contributed by atoms with Gasteiger partial charge in [0.05, 0.1) is 13.2 Å². The second kappa shape index (κ2) is 9.62. The summed E-state index contributed by atoms with van der Waals surface area (Å²) < 4.78 is 10.2. The van der Waals surface area contributed by atoms with E-state index in [-0.39, 0.29) is 0 Å². The van der Waals surface area contributed by atoms with Crippen LogP contribution >= 0.6 is 24.1 Å². The highest BCUT2D eigenvalue weighted by atomic mass is 32.2. The van der Waals surface area contributed by atoms with E-state index in [1.165, 1.54) is 24.1 Å². The average molecular weight is 182 g/mol. The predicted octanol–water partition coefficient (Wildman–Crippen LogP) is 2.36. The summed E-state index contributed by atoms with van der Waals surface area (Å²) in [6, 6.07) is 0. The molecule has 0 unspecified atom stereocenters. The van der Waals surface area contributed by atoms with Gasteiger partial charge in [-0.05, 0) is 30.5 Å². The van der Waals surface area contributed by atoms with Crippen molar-refractivity contribution in [3.8, 4) is 0 Å². The summed E-state index contributed by atoms with van der Waals surface area (Å²) in [6.45, 7) is 3.69. The summed E-state index contributed by atoms with van der Waals surface area (Å²) in [5.41, 5.74) is 0. The summed E-state index contributed by atoms with van der Waals surface area (Å²) in [6.07, 6.45) is 2.99. The smallest absolute Gasteiger partial charge is 0.0726 e. The molecule has 0 aromatic carbocycles. The minimum Gasteiger partial charge on any atom is -0.315 e. The van der Waals surface area contributed by atoms with E-state index in [1.807, 2.05) is 6.26 Å². The third-order valence-electron chi connectivity index (χ3n) is 0.739. The Morgan fingerprint density at radius 1 is 1.20 bits per heavy atom. The van der Waals surface area contributed by atoms with Crippen molar-refractivity contribution >= 4 is 24.1 Å². The van der Waals surface area contributed by atoms with Crippen LogP contribution in [0.25, 0.3) is 0 Å². The Balaban J connectivity index is 2.65. The van der Waals surface area contributed by atoms with Gasteiger partial charge < -0.3 is 8.37 Å². The van der Waals surface area contributed by atoms with Crippen LogP contribution in [0.3, 0.4) is 0 Å². The van der Waals surface area contributed by atoms with Crippen molar-refractivity contribution in [2.24, 2.45) is 0 Å². The molecule has 0 N–H and O–H groups in total. The zero-order valence-corrected chi connectivity index (χ0v) is 8.09. The summed E-state index contributed by atoms with van der Waals surface area (Å²) in [7, 11) is 0. The van der Waals surface area contributed by atoms with Crippen molar-refractivity contribution in [3.05, 3.63) is 0 Å². The maximum absolute atomic E-state index is 5.16. The highest BCUT2D eigenvalue weighted by Gasteiger charge is 1.88. The topological polar surface area (TPSA) is 18.5 Å². The highest BCUT2D eigenvalue weighted by molar-refractivity contribution is 7.95. The Kier molecular flexibility index (Phi) is 10.2. The lowest BCUT2D eigenvalue weighted by Gasteiger charge is -1.99. The van der Waals surface area contributed by atoms with Gasteiger partial charge in [0.1, 0.15) is 0 Å². The molecular formula is C6H14O2S2. The van der Waals surface area contributed by atoms with Crippen molar-refractivity contribution < 1.29 is 8.37 Å². The number of hydrogen-bond donors (Lipinski definition) is 0. The third-order valence-corrected chi connectivity index (χ3v) is 1.81. The monoisotopic (exact) mass is 182 g/mol. The summed E-state index contributed by atoms with van der Waals surface area (Å²) >= 11 is 2.88. The second-order valence-corrected chi connectivity index (χ2v) is 3.08. The Hall–Kier alpha value is 0.620. The molecule has 0 amide bonds. The van der Waals surface area contributed by atoms with Gasteiger partial charge in [-0.1, -0.05) is 6.92 Å². The summed E-state index contributed by atoms with van der Waals surface area (Å²) in [5, 5.41) is 0. The largest absolute Gasteiger partial charge is 0.315 e. The fraction of sp³-hybridized carbons (Fsp3) is 1.00. The van der Waals surface area contributed by atoms with Crippen LogP contribution in [0, 0.1) is 0 Å². The van der Waals surface area contributed by atoms with E-state index in [1.54, 1.807) is 0 Å². The van der Waals surface area contributed by atoms with Crippen LogP contribution in [0.2, 0.25) is 0 Å². The first-order valence-corrected chi connectivity index (χ1v) is 5.38. The van der Waals surface area contributed by atoms with Gasteiger partial charge >= 0.3 is 0 Å². The molecule has 0 aromatic rings. The molecule has 0 radical (unpaired) electrons. The van der Waals surface area contributed by atoms with E-state index in [0.29, 0.717) is 0 Å². The van der Waals surface area contributed by atoms with Gasteiger partial charge in [-0.3, -0.25) is 0 Å². The lowest BCUT2D eigenvalue weighted by Crippen LogP contribution is -1.91. The molecule has 0 saturated carbocycles. The molecule has 0 spiro atoms. The van der Waals surface area contributed by atoms with E-state index in [0.717, 1.165) is 25.4 Å². The van der Waals surface area contributed by atoms with Gasteiger partial charge in [0.25, 0.3) is 0 Å². The van der Waals surface area contributed by atoms with Crippen LogP contribution in [-0.2, 0) is 8.37 Å². The number of hydrogen-bond acceptors (Lipinski definition) is 4. The molecule has 2 nitrogen and oxygen atoms in total. The first kappa shape index (κ1) is 10.6. The Labute approximate surface area is 71.5 Å². The molecule has 0 saturated heterocycles. The molecule has 0 rings (SSSR count). The minimum absolute atomic E-state index is 0.759. The van der Waals surface area contributed by atoms with Crippen LogP contribution in [0.5, 0.6) is 0 Å². The van der Waals surface area contributed by atoms with Crippen molar-refractivity contribution in [1.82, 2.24) is 0 Å². The lowest BCUT2D eigenvalue weighted by molar-refractivity contribution is 0.363. The van der Waals surface area contributed by atoms with Crippen LogP contribution in [0.1, 0.15) is 13.3 Å². The normalized spacial score (nSPS) is 10.2. The van der Waals surface area contributed by atoms with Crippen molar-refractivity contribution in [1.29, 1.82) is 0 Å². The van der Waals surface area contributed by atoms with Crippen LogP contribution in [0.4, 0.5) is 0 Å². The molecular weight excluding hydrogens is 168 g/mol. The van der Waals surface area contributed by atoms with Gasteiger partial charge in [-0.25, -0.2) is 0 Å². The first-order valence-electron chi connectivity index (χ1n) is 3.31. The van der Waals surface area contributed by atoms with Gasteiger partial charge in [0.15, 0.2) is 0 Å². The Bertz CT molecular complexity index is 53.7. The maximum Gasteiger partial charge on any atom is 0.0726 e. The minimum atomic E-state index is 0.759. The third kappa shape index (κ3) is 8.62. The molecule has 0 fully saturated rings. The van der Waals surface area contributed by atoms with Gasteiger partial charge in [-0.15, -0.1) is 0 Å². The lowest BCUT2D eigenvalue weighted by atomic mass is 10.5. The van der Waals surface area contributed by atoms with Crippen molar-refractivity contribution in [3.63, 3.8) is 0 Å². The molecule has 0 aliphatic carbocycles. The van der Waals surface area contributed by atoms with E-state index in [4.69, 9.17) is 8.37 Å². The average Bonchev–Trinajstić information content (AvgIpc) is 1.97. The van der Waals surface area contributed by atoms with Crippen molar-refractivity contribution in [2.45, 2.75) is 13.3 Å². The zero-order valence-electron chi connectivity index (χ0n) is 6.46. The van der Waals surface area contributed by atoms with Gasteiger partial charge in [0, 0.05) is 12.0 Å². The summed E-state index contributed by atoms with van der Waals surface area (Å²) in [4.78, 5) is 0. The van der Waals surface area contributed by atoms with Crippen molar-refractivity contribution in [2.75, 3.05) is 25.2 Å². The van der Waals surface area contributed by atoms with E-state index < -0.39 is 0 Å². The van der Waals surface area contributed by atoms with Gasteiger partial charge in [0.2, 0.25) is 0 Å². The standard InChI is InChI=1S/C6H14O2S2/c1-3-4-8-10-6-5-7-9-2/h3-6H2,1-2H3. The fourth-order valence-corrected chi connectivity index (χ4v) is 1.26. The maximum atomic E-state index is 5.16. The molecule has 62 valence electrons. The highest BCUT2D eigenvalue weighted by Crippen LogP contribution is 2.04. The molecule has 0 aliphatic rings. The summed E-state index contributed by atoms with van der Waals surface area (Å²) in [5.74, 6) is 0.918. The van der Waals surface area contributed by atoms with E-state index >= 15 is 0 Å². The molecule has 10 heavy (non-hydrogen) atoms. The molecule has 0 aliphatic heterocycles. The first-order chi connectivity index (χ1) is 4.91. The molecule has 0 atom stereocenters. The zero-order chi connectivity index (χ0) is 7.66. The second-order valence-electron chi connectivity index (χ2n) is 1.63. The van der Waals surface area contributed by atoms with Gasteiger partial charge in [-0.2, -0.15) is 0 Å². The van der Waals surface area contributed by atoms with E-state index in [2.05, 4.69) is 6.92 Å². The molecule has 0 heterocycles. The Morgan fingerprint density at radius 2 is 2.00 bits per heavy atom. The number of rotatable bonds is 7. The fourth-order valence-electron chi connectivity index (χ4n) is 0.353. The van der Waals surface area contributed by atoms with Crippen LogP contribution in [0.15, 0.2) is 0 Å². The molecule has 4 heteroatoms. The van der Waals surface area contributed by atoms with Crippen LogP contribution in [-0.4, -0.2) is 25.2 Å². The SMILES string of the molecule is CCCOSCCOSC. The Morgan fingerprint density at radius 3 is 2.60 bits per heavy atom. The molecule has 0 bridgehead atoms. The molecule has 0 aromatic heterocycles.